The average molecular weight is 548 g/mol. The number of nitrogens with zero attached hydrogens (tertiary/aromatic N) is 2. The third kappa shape index (κ3) is 3.39. The van der Waals surface area contributed by atoms with Gasteiger partial charge in [0.15, 0.2) is 5.78 Å². The van der Waals surface area contributed by atoms with E-state index in [2.05, 4.69) is 15.9 Å². The van der Waals surface area contributed by atoms with E-state index in [0.29, 0.717) is 16.3 Å². The zero-order valence-corrected chi connectivity index (χ0v) is 21.0. The number of hydrogen-bond donors (Lipinski definition) is 0. The zero-order chi connectivity index (χ0) is 24.4. The predicted octanol–water partition coefficient (Wildman–Crippen LogP) is 5.68. The maximum Gasteiger partial charge on any atom is 0.240 e. The molecule has 2 amide bonds. The summed E-state index contributed by atoms with van der Waals surface area (Å²) in [6.45, 7) is 1.95. The van der Waals surface area contributed by atoms with Crippen molar-refractivity contribution in [3.05, 3.63) is 99.0 Å². The smallest absolute Gasteiger partial charge is 0.240 e. The Morgan fingerprint density at radius 1 is 0.914 bits per heavy atom. The molecule has 2 fully saturated rings. The van der Waals surface area contributed by atoms with Crippen LogP contribution in [0.15, 0.2) is 77.3 Å². The number of fused-ring (bicyclic) bond motifs is 5. The van der Waals surface area contributed by atoms with Crippen LogP contribution in [0.1, 0.15) is 21.5 Å². The molecule has 4 atom stereocenters. The van der Waals surface area contributed by atoms with Crippen molar-refractivity contribution in [2.75, 3.05) is 9.80 Å². The van der Waals surface area contributed by atoms with Crippen LogP contribution in [0.25, 0.3) is 6.08 Å². The Hall–Kier alpha value is -3.22. The van der Waals surface area contributed by atoms with Crippen LogP contribution in [-0.2, 0) is 9.59 Å². The lowest BCUT2D eigenvalue weighted by molar-refractivity contribution is -0.122. The third-order valence-electron chi connectivity index (χ3n) is 7.16. The number of rotatable bonds is 3. The number of anilines is 2. The Labute approximate surface area is 216 Å². The Kier molecular flexibility index (Phi) is 5.20. The van der Waals surface area contributed by atoms with Crippen molar-refractivity contribution in [2.45, 2.75) is 19.0 Å². The van der Waals surface area contributed by atoms with E-state index in [1.807, 2.05) is 48.2 Å². The number of Topliss-reactive ketones (excluding diaryl/α,β-unsaturated/α-hetero) is 1. The normalized spacial score (nSPS) is 24.4. The first kappa shape index (κ1) is 22.3. The van der Waals surface area contributed by atoms with E-state index in [1.54, 1.807) is 42.5 Å². The summed E-state index contributed by atoms with van der Waals surface area (Å²) in [5.41, 5.74) is 3.73. The maximum atomic E-state index is 14.0. The number of carbonyl (C=O) groups is 3. The molecule has 0 radical (unpaired) electrons. The van der Waals surface area contributed by atoms with Crippen LogP contribution in [0, 0.1) is 18.8 Å². The van der Waals surface area contributed by atoms with E-state index in [1.165, 1.54) is 4.90 Å². The van der Waals surface area contributed by atoms with Crippen molar-refractivity contribution in [2.24, 2.45) is 11.8 Å². The highest BCUT2D eigenvalue weighted by Gasteiger charge is 2.64. The van der Waals surface area contributed by atoms with Gasteiger partial charge in [0, 0.05) is 20.7 Å². The lowest BCUT2D eigenvalue weighted by atomic mass is 9.86. The Balaban J connectivity index is 1.49. The fraction of sp³-hybridized carbons (Fsp3) is 0.179. The second-order valence-corrected chi connectivity index (χ2v) is 10.5. The van der Waals surface area contributed by atoms with Crippen molar-refractivity contribution < 1.29 is 14.4 Å². The summed E-state index contributed by atoms with van der Waals surface area (Å²) < 4.78 is 0.856. The van der Waals surface area contributed by atoms with Gasteiger partial charge in [0.05, 0.1) is 23.6 Å². The van der Waals surface area contributed by atoms with Crippen LogP contribution in [0.3, 0.4) is 0 Å². The molecule has 3 aromatic rings. The van der Waals surface area contributed by atoms with Gasteiger partial charge in [-0.3, -0.25) is 14.4 Å². The molecule has 5 nitrogen and oxygen atoms in total. The van der Waals surface area contributed by atoms with E-state index in [-0.39, 0.29) is 17.6 Å². The van der Waals surface area contributed by atoms with E-state index >= 15 is 0 Å². The maximum absolute atomic E-state index is 14.0. The molecular weight excluding hydrogens is 528 g/mol. The molecule has 0 spiro atoms. The molecule has 0 aromatic heterocycles. The van der Waals surface area contributed by atoms with Gasteiger partial charge < -0.3 is 4.90 Å². The number of imide groups is 1. The van der Waals surface area contributed by atoms with Gasteiger partial charge in [0.25, 0.3) is 0 Å². The summed E-state index contributed by atoms with van der Waals surface area (Å²) in [6, 6.07) is 18.7. The predicted molar refractivity (Wildman–Crippen MR) is 140 cm³/mol. The second-order valence-electron chi connectivity index (χ2n) is 9.18. The molecule has 3 heterocycles. The molecule has 0 aliphatic carbocycles. The summed E-state index contributed by atoms with van der Waals surface area (Å²) in [5.74, 6) is -2.24. The number of amides is 2. The minimum atomic E-state index is -0.817. The van der Waals surface area contributed by atoms with Crippen LogP contribution in [0.4, 0.5) is 11.4 Å². The number of halogens is 2. The first-order valence-electron chi connectivity index (χ1n) is 11.4. The number of aryl methyl sites for hydroxylation is 1. The van der Waals surface area contributed by atoms with Crippen molar-refractivity contribution in [3.63, 3.8) is 0 Å². The molecule has 0 N–H and O–H groups in total. The lowest BCUT2D eigenvalue weighted by Gasteiger charge is -2.36. The highest BCUT2D eigenvalue weighted by molar-refractivity contribution is 9.10. The van der Waals surface area contributed by atoms with Gasteiger partial charge >= 0.3 is 0 Å². The van der Waals surface area contributed by atoms with Gasteiger partial charge in [0.1, 0.15) is 6.04 Å². The van der Waals surface area contributed by atoms with Gasteiger partial charge in [-0.2, -0.15) is 0 Å². The zero-order valence-electron chi connectivity index (χ0n) is 18.7. The van der Waals surface area contributed by atoms with Gasteiger partial charge in [-0.15, -0.1) is 0 Å². The molecule has 3 aromatic carbocycles. The highest BCUT2D eigenvalue weighted by atomic mass is 79.9. The summed E-state index contributed by atoms with van der Waals surface area (Å²) in [6.07, 6.45) is 3.85. The minimum Gasteiger partial charge on any atom is -0.352 e. The van der Waals surface area contributed by atoms with Crippen LogP contribution in [-0.4, -0.2) is 29.7 Å². The molecule has 0 saturated carbocycles. The quantitative estimate of drug-likeness (QED) is 0.313. The number of ketones is 1. The fourth-order valence-corrected chi connectivity index (χ4v) is 6.02. The Morgan fingerprint density at radius 2 is 1.60 bits per heavy atom. The molecule has 6 rings (SSSR count). The van der Waals surface area contributed by atoms with Crippen molar-refractivity contribution >= 4 is 62.6 Å². The molecule has 35 heavy (non-hydrogen) atoms. The molecule has 7 heteroatoms. The highest BCUT2D eigenvalue weighted by Crippen LogP contribution is 2.50. The minimum absolute atomic E-state index is 0.182. The molecule has 0 unspecified atom stereocenters. The fourth-order valence-electron chi connectivity index (χ4n) is 5.58. The molecule has 3 aliphatic rings. The summed E-state index contributed by atoms with van der Waals surface area (Å²) in [7, 11) is 0. The van der Waals surface area contributed by atoms with E-state index in [9.17, 15) is 14.4 Å². The van der Waals surface area contributed by atoms with Crippen molar-refractivity contribution in [3.8, 4) is 0 Å². The van der Waals surface area contributed by atoms with Gasteiger partial charge in [-0.1, -0.05) is 69.5 Å². The van der Waals surface area contributed by atoms with Crippen LogP contribution in [0.2, 0.25) is 5.02 Å². The van der Waals surface area contributed by atoms with Gasteiger partial charge in [-0.05, 0) is 55.0 Å². The van der Waals surface area contributed by atoms with Gasteiger partial charge in [-0.25, -0.2) is 4.90 Å². The summed E-state index contributed by atoms with van der Waals surface area (Å²) >= 11 is 9.64. The average Bonchev–Trinajstić information content (AvgIpc) is 3.32. The standard InChI is InChI=1S/C28H20BrClN2O3/c1-15-2-10-20(11-3-15)31-27(34)23-22-12-6-17-14-19(30)9-13-21(17)32(22)25(24(23)28(31)35)26(33)16-4-7-18(29)8-5-16/h2-14,22-25H,1H3/t22-,23+,24+,25-/m1/s1. The lowest BCUT2D eigenvalue weighted by Crippen LogP contribution is -2.48. The van der Waals surface area contributed by atoms with Crippen LogP contribution in [0.5, 0.6) is 0 Å². The van der Waals surface area contributed by atoms with E-state index in [4.69, 9.17) is 11.6 Å². The second kappa shape index (κ2) is 8.18. The summed E-state index contributed by atoms with van der Waals surface area (Å²) in [4.78, 5) is 44.8. The van der Waals surface area contributed by atoms with Crippen LogP contribution >= 0.6 is 27.5 Å². The van der Waals surface area contributed by atoms with E-state index in [0.717, 1.165) is 21.3 Å². The molecule has 2 saturated heterocycles. The Morgan fingerprint density at radius 3 is 2.31 bits per heavy atom. The molecule has 0 bridgehead atoms. The molecular formula is C28H20BrClN2O3. The number of benzene rings is 3. The third-order valence-corrected chi connectivity index (χ3v) is 7.92. The topological polar surface area (TPSA) is 57.7 Å². The first-order chi connectivity index (χ1) is 16.8. The monoisotopic (exact) mass is 546 g/mol. The Bertz CT molecular complexity index is 1420. The number of hydrogen-bond acceptors (Lipinski definition) is 4. The van der Waals surface area contributed by atoms with Gasteiger partial charge in [0.2, 0.25) is 11.8 Å². The van der Waals surface area contributed by atoms with Crippen molar-refractivity contribution in [1.82, 2.24) is 0 Å². The largest absolute Gasteiger partial charge is 0.352 e. The first-order valence-corrected chi connectivity index (χ1v) is 12.5. The number of carbonyl (C=O) groups excluding carboxylic acids is 3. The van der Waals surface area contributed by atoms with Crippen LogP contribution < -0.4 is 9.80 Å². The molecule has 3 aliphatic heterocycles. The summed E-state index contributed by atoms with van der Waals surface area (Å²) in [5, 5.41) is 0.583. The van der Waals surface area contributed by atoms with E-state index < -0.39 is 23.9 Å². The molecule has 174 valence electrons. The SMILES string of the molecule is Cc1ccc(N2C(=O)[C@@H]3[C@H](C2=O)[C@H](C(=O)c2ccc(Br)cc2)N2c4ccc(Cl)cc4C=C[C@H]32)cc1. The van der Waals surface area contributed by atoms with Crippen molar-refractivity contribution in [1.29, 1.82) is 0 Å².